The summed E-state index contributed by atoms with van der Waals surface area (Å²) in [5.41, 5.74) is 0. The number of hydrogen-bond acceptors (Lipinski definition) is 5. The largest absolute Gasteiger partial charge is 0.481 e. The van der Waals surface area contributed by atoms with Gasteiger partial charge in [-0.25, -0.2) is 4.79 Å². The molecule has 8 nitrogen and oxygen atoms in total. The SMILES string of the molecule is O=C(O)CCNC(=O)NCCN1C(=O)CSC1=O. The van der Waals surface area contributed by atoms with Crippen LogP contribution in [0, 0.1) is 0 Å². The molecule has 1 saturated heterocycles. The van der Waals surface area contributed by atoms with E-state index in [9.17, 15) is 19.2 Å². The highest BCUT2D eigenvalue weighted by atomic mass is 32.2. The number of urea groups is 1. The summed E-state index contributed by atoms with van der Waals surface area (Å²) in [6, 6.07) is -0.525. The molecule has 0 radical (unpaired) electrons. The number of nitrogens with one attached hydrogen (secondary N) is 2. The number of amides is 4. The predicted molar refractivity (Wildman–Crippen MR) is 63.2 cm³/mol. The first-order valence-electron chi connectivity index (χ1n) is 5.21. The number of carbonyl (C=O) groups is 4. The smallest absolute Gasteiger partial charge is 0.314 e. The van der Waals surface area contributed by atoms with Gasteiger partial charge in [-0.05, 0) is 0 Å². The monoisotopic (exact) mass is 275 g/mol. The van der Waals surface area contributed by atoms with Crippen molar-refractivity contribution >= 4 is 34.9 Å². The standard InChI is InChI=1S/C9H13N3O5S/c13-6-5-18-9(17)12(6)4-3-11-8(16)10-2-1-7(14)15/h1-5H2,(H,14,15)(H2,10,11,16). The van der Waals surface area contributed by atoms with Gasteiger partial charge in [0.2, 0.25) is 5.91 Å². The molecule has 3 N–H and O–H groups in total. The topological polar surface area (TPSA) is 116 Å². The van der Waals surface area contributed by atoms with Gasteiger partial charge in [0.1, 0.15) is 0 Å². The normalized spacial score (nSPS) is 14.8. The Labute approximate surface area is 107 Å². The van der Waals surface area contributed by atoms with Crippen molar-refractivity contribution in [2.75, 3.05) is 25.4 Å². The summed E-state index contributed by atoms with van der Waals surface area (Å²) in [6.07, 6.45) is -0.160. The summed E-state index contributed by atoms with van der Waals surface area (Å²) >= 11 is 0.933. The first kappa shape index (κ1) is 14.3. The number of imide groups is 1. The highest BCUT2D eigenvalue weighted by molar-refractivity contribution is 8.14. The molecule has 4 amide bonds. The lowest BCUT2D eigenvalue weighted by Gasteiger charge is -2.13. The van der Waals surface area contributed by atoms with Crippen molar-refractivity contribution in [3.05, 3.63) is 0 Å². The van der Waals surface area contributed by atoms with E-state index in [1.807, 2.05) is 0 Å². The molecule has 18 heavy (non-hydrogen) atoms. The van der Waals surface area contributed by atoms with Gasteiger partial charge in [-0.15, -0.1) is 0 Å². The molecule has 1 heterocycles. The number of carbonyl (C=O) groups excluding carboxylic acids is 3. The molecule has 9 heteroatoms. The second-order valence-electron chi connectivity index (χ2n) is 3.43. The van der Waals surface area contributed by atoms with Gasteiger partial charge in [0.15, 0.2) is 0 Å². The fourth-order valence-electron chi connectivity index (χ4n) is 1.22. The molecule has 1 fully saturated rings. The average Bonchev–Trinajstić information content (AvgIpc) is 2.60. The van der Waals surface area contributed by atoms with Gasteiger partial charge in [-0.3, -0.25) is 19.3 Å². The molecule has 0 atom stereocenters. The maximum absolute atomic E-state index is 11.2. The third-order valence-corrected chi connectivity index (χ3v) is 2.94. The molecule has 0 aliphatic carbocycles. The van der Waals surface area contributed by atoms with Crippen LogP contribution in [0.3, 0.4) is 0 Å². The summed E-state index contributed by atoms with van der Waals surface area (Å²) < 4.78 is 0. The number of carboxylic acids is 1. The molecule has 0 spiro atoms. The van der Waals surface area contributed by atoms with Crippen LogP contribution < -0.4 is 10.6 Å². The number of carboxylic acid groups (broad SMARTS) is 1. The van der Waals surface area contributed by atoms with E-state index >= 15 is 0 Å². The minimum Gasteiger partial charge on any atom is -0.481 e. The van der Waals surface area contributed by atoms with Crippen LogP contribution in [-0.4, -0.2) is 58.5 Å². The molecule has 0 aromatic carbocycles. The summed E-state index contributed by atoms with van der Waals surface area (Å²) in [5, 5.41) is 12.8. The molecule has 0 aromatic rings. The second-order valence-corrected chi connectivity index (χ2v) is 4.35. The van der Waals surface area contributed by atoms with Crippen molar-refractivity contribution in [1.29, 1.82) is 0 Å². The van der Waals surface area contributed by atoms with Gasteiger partial charge in [0, 0.05) is 19.6 Å². The second kappa shape index (κ2) is 6.84. The molecular formula is C9H13N3O5S. The molecule has 1 aliphatic heterocycles. The van der Waals surface area contributed by atoms with Crippen molar-refractivity contribution in [3.63, 3.8) is 0 Å². The van der Waals surface area contributed by atoms with Crippen LogP contribution >= 0.6 is 11.8 Å². The number of aliphatic carboxylic acids is 1. The number of nitrogens with zero attached hydrogens (tertiary/aromatic N) is 1. The fraction of sp³-hybridized carbons (Fsp3) is 0.556. The molecule has 0 saturated carbocycles. The number of thioether (sulfide) groups is 1. The predicted octanol–water partition coefficient (Wildman–Crippen LogP) is -0.544. The summed E-state index contributed by atoms with van der Waals surface area (Å²) in [5.74, 6) is -1.12. The third kappa shape index (κ3) is 4.62. The minimum atomic E-state index is -0.999. The van der Waals surface area contributed by atoms with Crippen molar-refractivity contribution in [3.8, 4) is 0 Å². The lowest BCUT2D eigenvalue weighted by molar-refractivity contribution is -0.136. The van der Waals surface area contributed by atoms with Gasteiger partial charge in [0.05, 0.1) is 12.2 Å². The minimum absolute atomic E-state index is 0.0264. The van der Waals surface area contributed by atoms with Crippen molar-refractivity contribution in [1.82, 2.24) is 15.5 Å². The Morgan fingerprint density at radius 3 is 2.50 bits per heavy atom. The van der Waals surface area contributed by atoms with Crippen LogP contribution in [0.4, 0.5) is 9.59 Å². The quantitative estimate of drug-likeness (QED) is 0.599. The zero-order chi connectivity index (χ0) is 13.5. The Bertz CT molecular complexity index is 357. The third-order valence-electron chi connectivity index (χ3n) is 2.09. The average molecular weight is 275 g/mol. The van der Waals surface area contributed by atoms with E-state index in [4.69, 9.17) is 5.11 Å². The maximum atomic E-state index is 11.2. The van der Waals surface area contributed by atoms with E-state index in [-0.39, 0.29) is 43.0 Å². The Hall–Kier alpha value is -1.77. The highest BCUT2D eigenvalue weighted by Crippen LogP contribution is 2.17. The molecule has 0 bridgehead atoms. The molecule has 1 aliphatic rings. The Morgan fingerprint density at radius 2 is 1.94 bits per heavy atom. The Kier molecular flexibility index (Phi) is 5.43. The first-order valence-corrected chi connectivity index (χ1v) is 6.20. The van der Waals surface area contributed by atoms with E-state index in [1.165, 1.54) is 0 Å². The van der Waals surface area contributed by atoms with E-state index < -0.39 is 12.0 Å². The van der Waals surface area contributed by atoms with E-state index in [2.05, 4.69) is 10.6 Å². The van der Waals surface area contributed by atoms with Gasteiger partial charge >= 0.3 is 12.0 Å². The first-order chi connectivity index (χ1) is 8.50. The zero-order valence-electron chi connectivity index (χ0n) is 9.47. The van der Waals surface area contributed by atoms with Crippen LogP contribution in [0.15, 0.2) is 0 Å². The van der Waals surface area contributed by atoms with E-state index in [0.717, 1.165) is 16.7 Å². The van der Waals surface area contributed by atoms with E-state index in [1.54, 1.807) is 0 Å². The molecule has 1 rings (SSSR count). The van der Waals surface area contributed by atoms with Crippen LogP contribution in [0.5, 0.6) is 0 Å². The van der Waals surface area contributed by atoms with Gasteiger partial charge in [0.25, 0.3) is 5.24 Å². The van der Waals surface area contributed by atoms with E-state index in [0.29, 0.717) is 0 Å². The summed E-state index contributed by atoms with van der Waals surface area (Å²) in [4.78, 5) is 44.8. The van der Waals surface area contributed by atoms with Crippen LogP contribution in [-0.2, 0) is 9.59 Å². The van der Waals surface area contributed by atoms with Crippen molar-refractivity contribution in [2.24, 2.45) is 0 Å². The highest BCUT2D eigenvalue weighted by Gasteiger charge is 2.29. The molecular weight excluding hydrogens is 262 g/mol. The van der Waals surface area contributed by atoms with Gasteiger partial charge < -0.3 is 15.7 Å². The van der Waals surface area contributed by atoms with Crippen molar-refractivity contribution in [2.45, 2.75) is 6.42 Å². The fourth-order valence-corrected chi connectivity index (χ4v) is 1.98. The molecule has 0 unspecified atom stereocenters. The van der Waals surface area contributed by atoms with Gasteiger partial charge in [-0.1, -0.05) is 11.8 Å². The molecule has 100 valence electrons. The Balaban J connectivity index is 2.13. The van der Waals surface area contributed by atoms with Crippen molar-refractivity contribution < 1.29 is 24.3 Å². The van der Waals surface area contributed by atoms with Crippen LogP contribution in [0.25, 0.3) is 0 Å². The van der Waals surface area contributed by atoms with Crippen LogP contribution in [0.1, 0.15) is 6.42 Å². The molecule has 0 aromatic heterocycles. The number of rotatable bonds is 6. The summed E-state index contributed by atoms with van der Waals surface area (Å²) in [7, 11) is 0. The summed E-state index contributed by atoms with van der Waals surface area (Å²) in [6.45, 7) is 0.284. The zero-order valence-corrected chi connectivity index (χ0v) is 10.3. The van der Waals surface area contributed by atoms with Gasteiger partial charge in [-0.2, -0.15) is 0 Å². The Morgan fingerprint density at radius 1 is 1.28 bits per heavy atom. The lowest BCUT2D eigenvalue weighted by atomic mass is 10.4. The maximum Gasteiger partial charge on any atom is 0.314 e. The van der Waals surface area contributed by atoms with Crippen LogP contribution in [0.2, 0.25) is 0 Å². The number of hydrogen-bond donors (Lipinski definition) is 3. The lowest BCUT2D eigenvalue weighted by Crippen LogP contribution is -2.42.